The molecule has 1 aromatic carbocycles. The molecule has 1 aliphatic rings. The molecule has 0 fully saturated rings. The van der Waals surface area contributed by atoms with Crippen LogP contribution in [0.3, 0.4) is 0 Å². The fraction of sp³-hybridized carbons (Fsp3) is 0.300. The van der Waals surface area contributed by atoms with Gasteiger partial charge in [-0.1, -0.05) is 15.9 Å². The van der Waals surface area contributed by atoms with Crippen LogP contribution in [0, 0.1) is 0 Å². The van der Waals surface area contributed by atoms with Gasteiger partial charge in [-0.05, 0) is 16.8 Å². The van der Waals surface area contributed by atoms with Gasteiger partial charge in [0.25, 0.3) is 6.04 Å². The molecule has 5 nitrogen and oxygen atoms in total. The molecule has 1 aromatic rings. The van der Waals surface area contributed by atoms with Crippen LogP contribution in [0.4, 0.5) is 5.69 Å². The van der Waals surface area contributed by atoms with Gasteiger partial charge in [0.15, 0.2) is 5.28 Å². The number of carbonyl (C=O) groups excluding carboxylic acids is 1. The zero-order chi connectivity index (χ0) is 11.7. The van der Waals surface area contributed by atoms with Crippen molar-refractivity contribution in [1.29, 1.82) is 0 Å². The number of rotatable bonds is 2. The highest BCUT2D eigenvalue weighted by Gasteiger charge is 2.39. The van der Waals surface area contributed by atoms with Crippen molar-refractivity contribution in [2.75, 3.05) is 0 Å². The van der Waals surface area contributed by atoms with Gasteiger partial charge in [0.1, 0.15) is 6.29 Å². The maximum atomic E-state index is 11.4. The lowest BCUT2D eigenvalue weighted by Gasteiger charge is -2.13. The van der Waals surface area contributed by atoms with Crippen LogP contribution in [0.25, 0.3) is 0 Å². The number of halogens is 1. The molecule has 0 saturated carbocycles. The van der Waals surface area contributed by atoms with Crippen LogP contribution in [-0.4, -0.2) is 22.8 Å². The monoisotopic (exact) mass is 284 g/mol. The van der Waals surface area contributed by atoms with E-state index >= 15 is 0 Å². The number of ketones is 1. The standard InChI is InChI=1S/C10H9BrN2O3/c1-6(14)9-10(15)16-12-13(9)8-4-2-7(11)3-5-8/h2-5,9-10H,1H3. The van der Waals surface area contributed by atoms with E-state index in [1.165, 1.54) is 11.6 Å². The molecule has 0 spiro atoms. The van der Waals surface area contributed by atoms with Gasteiger partial charge < -0.3 is 9.94 Å². The van der Waals surface area contributed by atoms with E-state index in [1.807, 2.05) is 0 Å². The molecule has 0 bridgehead atoms. The number of carbonyl (C=O) groups is 1. The SMILES string of the molecule is CC(=O)C1C([O-])ON=[N+]1c1ccc(Br)cc1. The summed E-state index contributed by atoms with van der Waals surface area (Å²) in [4.78, 5) is 15.9. The van der Waals surface area contributed by atoms with Crippen molar-refractivity contribution in [3.05, 3.63) is 28.7 Å². The minimum atomic E-state index is -1.46. The number of nitrogens with zero attached hydrogens (tertiary/aromatic N) is 2. The summed E-state index contributed by atoms with van der Waals surface area (Å²) in [5.41, 5.74) is 0.654. The number of benzene rings is 1. The van der Waals surface area contributed by atoms with E-state index in [1.54, 1.807) is 24.3 Å². The van der Waals surface area contributed by atoms with Crippen molar-refractivity contribution >= 4 is 27.4 Å². The number of hydrogen-bond donors (Lipinski definition) is 0. The molecule has 0 amide bonds. The second-order valence-corrected chi connectivity index (χ2v) is 4.35. The van der Waals surface area contributed by atoms with E-state index in [-0.39, 0.29) is 5.78 Å². The lowest BCUT2D eigenvalue weighted by Crippen LogP contribution is -2.44. The third kappa shape index (κ3) is 1.98. The summed E-state index contributed by atoms with van der Waals surface area (Å²) < 4.78 is 2.22. The Morgan fingerprint density at radius 2 is 2.12 bits per heavy atom. The quantitative estimate of drug-likeness (QED) is 0.765. The summed E-state index contributed by atoms with van der Waals surface area (Å²) in [7, 11) is 0. The normalized spacial score (nSPS) is 23.8. The van der Waals surface area contributed by atoms with E-state index in [9.17, 15) is 9.90 Å². The van der Waals surface area contributed by atoms with Gasteiger partial charge in [-0.15, -0.1) is 0 Å². The van der Waals surface area contributed by atoms with E-state index in [0.717, 1.165) is 4.47 Å². The molecule has 84 valence electrons. The average Bonchev–Trinajstić information content (AvgIpc) is 2.61. The molecule has 0 radical (unpaired) electrons. The van der Waals surface area contributed by atoms with Crippen LogP contribution in [0.15, 0.2) is 34.0 Å². The average molecular weight is 285 g/mol. The van der Waals surface area contributed by atoms with Crippen LogP contribution in [0.2, 0.25) is 0 Å². The molecule has 0 aromatic heterocycles. The van der Waals surface area contributed by atoms with Crippen LogP contribution in [0.1, 0.15) is 6.92 Å². The van der Waals surface area contributed by atoms with Crippen molar-refractivity contribution in [3.63, 3.8) is 0 Å². The molecule has 1 heterocycles. The molecule has 0 aliphatic carbocycles. The van der Waals surface area contributed by atoms with Crippen molar-refractivity contribution in [3.8, 4) is 0 Å². The maximum absolute atomic E-state index is 11.4. The van der Waals surface area contributed by atoms with Gasteiger partial charge in [-0.25, -0.2) is 0 Å². The fourth-order valence-electron chi connectivity index (χ4n) is 1.49. The first-order valence-corrected chi connectivity index (χ1v) is 5.47. The fourth-order valence-corrected chi connectivity index (χ4v) is 1.75. The van der Waals surface area contributed by atoms with Crippen LogP contribution < -0.4 is 5.11 Å². The van der Waals surface area contributed by atoms with Crippen LogP contribution >= 0.6 is 15.9 Å². The lowest BCUT2D eigenvalue weighted by atomic mass is 10.2. The zero-order valence-electron chi connectivity index (χ0n) is 8.46. The third-order valence-electron chi connectivity index (χ3n) is 2.27. The summed E-state index contributed by atoms with van der Waals surface area (Å²) in [6, 6.07) is 6.23. The van der Waals surface area contributed by atoms with E-state index < -0.39 is 12.3 Å². The molecule has 0 N–H and O–H groups in total. The number of hydrogen-bond acceptors (Lipinski definition) is 4. The molecular weight excluding hydrogens is 276 g/mol. The van der Waals surface area contributed by atoms with Crippen molar-refractivity contribution < 1.29 is 19.4 Å². The third-order valence-corrected chi connectivity index (χ3v) is 2.80. The highest BCUT2D eigenvalue weighted by Crippen LogP contribution is 2.23. The Balaban J connectivity index is 2.34. The molecular formula is C10H9BrN2O3. The topological polar surface area (TPSA) is 64.7 Å². The zero-order valence-corrected chi connectivity index (χ0v) is 10.0. The first-order chi connectivity index (χ1) is 7.59. The lowest BCUT2D eigenvalue weighted by molar-refractivity contribution is -0.561. The second-order valence-electron chi connectivity index (χ2n) is 3.43. The Bertz CT molecular complexity index is 444. The van der Waals surface area contributed by atoms with Crippen LogP contribution in [0.5, 0.6) is 0 Å². The van der Waals surface area contributed by atoms with Gasteiger partial charge in [-0.2, -0.15) is 0 Å². The summed E-state index contributed by atoms with van der Waals surface area (Å²) in [6.07, 6.45) is -1.46. The summed E-state index contributed by atoms with van der Waals surface area (Å²) in [6.45, 7) is 1.35. The van der Waals surface area contributed by atoms with Gasteiger partial charge in [0, 0.05) is 23.5 Å². The van der Waals surface area contributed by atoms with Crippen molar-refractivity contribution in [2.45, 2.75) is 19.3 Å². The van der Waals surface area contributed by atoms with E-state index in [4.69, 9.17) is 0 Å². The predicted molar refractivity (Wildman–Crippen MR) is 55.8 cm³/mol. The Morgan fingerprint density at radius 1 is 1.50 bits per heavy atom. The summed E-state index contributed by atoms with van der Waals surface area (Å²) in [5, 5.41) is 15.0. The summed E-state index contributed by atoms with van der Waals surface area (Å²) >= 11 is 3.30. The summed E-state index contributed by atoms with van der Waals surface area (Å²) in [5.74, 6) is -0.260. The Hall–Kier alpha value is -1.27. The minimum Gasteiger partial charge on any atom is -0.814 e. The molecule has 2 atom stereocenters. The van der Waals surface area contributed by atoms with Gasteiger partial charge in [0.2, 0.25) is 11.5 Å². The van der Waals surface area contributed by atoms with Crippen molar-refractivity contribution in [2.24, 2.45) is 5.28 Å². The van der Waals surface area contributed by atoms with Crippen molar-refractivity contribution in [1.82, 2.24) is 0 Å². The van der Waals surface area contributed by atoms with Crippen LogP contribution in [-0.2, 0) is 9.63 Å². The van der Waals surface area contributed by atoms with E-state index in [0.29, 0.717) is 5.69 Å². The Morgan fingerprint density at radius 3 is 2.69 bits per heavy atom. The second kappa shape index (κ2) is 4.31. The predicted octanol–water partition coefficient (Wildman–Crippen LogP) is 1.13. The van der Waals surface area contributed by atoms with E-state index in [2.05, 4.69) is 26.0 Å². The molecule has 0 saturated heterocycles. The van der Waals surface area contributed by atoms with Gasteiger partial charge in [0.05, 0.1) is 0 Å². The molecule has 16 heavy (non-hydrogen) atoms. The minimum absolute atomic E-state index is 0.260. The highest BCUT2D eigenvalue weighted by atomic mass is 79.9. The molecule has 1 aliphatic heterocycles. The highest BCUT2D eigenvalue weighted by molar-refractivity contribution is 9.10. The smallest absolute Gasteiger partial charge is 0.269 e. The van der Waals surface area contributed by atoms with Gasteiger partial charge >= 0.3 is 0 Å². The Labute approximate surface area is 100 Å². The molecule has 2 rings (SSSR count). The largest absolute Gasteiger partial charge is 0.814 e. The molecule has 6 heteroatoms. The van der Waals surface area contributed by atoms with Gasteiger partial charge in [-0.3, -0.25) is 4.79 Å². The number of Topliss-reactive ketones (excluding diaryl/α,β-unsaturated/α-hetero) is 1. The maximum Gasteiger partial charge on any atom is 0.269 e. The Kier molecular flexibility index (Phi) is 3.02. The molecule has 2 unspecified atom stereocenters. The first-order valence-electron chi connectivity index (χ1n) is 4.67. The first kappa shape index (κ1) is 11.2.